The van der Waals surface area contributed by atoms with Gasteiger partial charge < -0.3 is 0 Å². The Kier molecular flexibility index (Phi) is 3.53. The lowest BCUT2D eigenvalue weighted by Gasteiger charge is -2.35. The minimum absolute atomic E-state index is 0.0951. The van der Waals surface area contributed by atoms with E-state index in [1.54, 1.807) is 16.4 Å². The second kappa shape index (κ2) is 5.23. The lowest BCUT2D eigenvalue weighted by molar-refractivity contribution is 0.286. The van der Waals surface area contributed by atoms with Crippen LogP contribution in [0.5, 0.6) is 0 Å². The number of benzene rings is 1. The van der Waals surface area contributed by atoms with E-state index in [2.05, 4.69) is 26.8 Å². The van der Waals surface area contributed by atoms with E-state index < -0.39 is 10.0 Å². The maximum atomic E-state index is 13.1. The molecular weight excluding hydrogens is 330 g/mol. The van der Waals surface area contributed by atoms with Gasteiger partial charge in [0.25, 0.3) is 10.0 Å². The van der Waals surface area contributed by atoms with Crippen LogP contribution in [0.4, 0.5) is 0 Å². The van der Waals surface area contributed by atoms with Crippen LogP contribution in [0.1, 0.15) is 45.6 Å². The highest BCUT2D eigenvalue weighted by Gasteiger charge is 2.75. The van der Waals surface area contributed by atoms with Crippen molar-refractivity contribution in [2.75, 3.05) is 6.54 Å². The quantitative estimate of drug-likeness (QED) is 0.738. The molecule has 3 nitrogen and oxygen atoms in total. The molecule has 25 heavy (non-hydrogen) atoms. The predicted molar refractivity (Wildman–Crippen MR) is 100 cm³/mol. The van der Waals surface area contributed by atoms with Gasteiger partial charge in [-0.3, -0.25) is 4.31 Å². The molecule has 0 saturated heterocycles. The second-order valence-corrected chi connectivity index (χ2v) is 10.1. The van der Waals surface area contributed by atoms with Crippen molar-refractivity contribution in [2.24, 2.45) is 16.7 Å². The smallest absolute Gasteiger partial charge is 0.263 e. The molecule has 0 bridgehead atoms. The van der Waals surface area contributed by atoms with Gasteiger partial charge in [0.1, 0.15) is 0 Å². The van der Waals surface area contributed by atoms with E-state index in [4.69, 9.17) is 0 Å². The van der Waals surface area contributed by atoms with Gasteiger partial charge in [-0.1, -0.05) is 41.8 Å². The van der Waals surface area contributed by atoms with Crippen molar-refractivity contribution in [3.63, 3.8) is 0 Å². The van der Waals surface area contributed by atoms with Gasteiger partial charge in [0.15, 0.2) is 0 Å². The van der Waals surface area contributed by atoms with E-state index in [1.165, 1.54) is 11.1 Å². The Labute approximate surface area is 151 Å². The number of fused-ring (bicyclic) bond motifs is 1. The zero-order valence-electron chi connectivity index (χ0n) is 15.5. The molecule has 1 aromatic rings. The van der Waals surface area contributed by atoms with E-state index in [-0.39, 0.29) is 10.8 Å². The van der Waals surface area contributed by atoms with Crippen LogP contribution in [0.15, 0.2) is 52.6 Å². The van der Waals surface area contributed by atoms with Crippen molar-refractivity contribution >= 4 is 10.0 Å². The highest BCUT2D eigenvalue weighted by atomic mass is 32.2. The number of sulfonamides is 1. The van der Waals surface area contributed by atoms with E-state index in [0.717, 1.165) is 24.8 Å². The fourth-order valence-corrected chi connectivity index (χ4v) is 6.80. The summed E-state index contributed by atoms with van der Waals surface area (Å²) in [4.78, 5) is 0.389. The van der Waals surface area contributed by atoms with Crippen LogP contribution in [-0.4, -0.2) is 19.3 Å². The summed E-state index contributed by atoms with van der Waals surface area (Å²) in [6.45, 7) is 9.29. The first kappa shape index (κ1) is 16.9. The third-order valence-electron chi connectivity index (χ3n) is 7.14. The monoisotopic (exact) mass is 357 g/mol. The van der Waals surface area contributed by atoms with Gasteiger partial charge in [0, 0.05) is 23.6 Å². The number of allylic oxidation sites excluding steroid dienone is 3. The first-order valence-electron chi connectivity index (χ1n) is 9.20. The van der Waals surface area contributed by atoms with Crippen molar-refractivity contribution in [3.05, 3.63) is 53.3 Å². The predicted octanol–water partition coefficient (Wildman–Crippen LogP) is 4.66. The zero-order valence-corrected chi connectivity index (χ0v) is 16.4. The van der Waals surface area contributed by atoms with Crippen LogP contribution in [0, 0.1) is 23.7 Å². The number of hydrogen-bond acceptors (Lipinski definition) is 2. The van der Waals surface area contributed by atoms with Crippen molar-refractivity contribution in [2.45, 2.75) is 51.9 Å². The minimum atomic E-state index is -3.48. The summed E-state index contributed by atoms with van der Waals surface area (Å²) in [7, 11) is -3.48. The molecule has 0 amide bonds. The van der Waals surface area contributed by atoms with E-state index in [9.17, 15) is 8.42 Å². The molecule has 3 atom stereocenters. The largest absolute Gasteiger partial charge is 0.273 e. The molecule has 1 aliphatic heterocycles. The number of hydrogen-bond donors (Lipinski definition) is 0. The molecule has 0 radical (unpaired) electrons. The van der Waals surface area contributed by atoms with Gasteiger partial charge in [-0.2, -0.15) is 0 Å². The summed E-state index contributed by atoms with van der Waals surface area (Å²) < 4.78 is 27.9. The summed E-state index contributed by atoms with van der Waals surface area (Å²) in [5.74, 6) is 0.586. The number of aryl methyl sites for hydroxylation is 1. The molecular formula is C21H27NO2S. The van der Waals surface area contributed by atoms with Gasteiger partial charge in [-0.25, -0.2) is 8.42 Å². The van der Waals surface area contributed by atoms with E-state index in [1.807, 2.05) is 25.3 Å². The Bertz CT molecular complexity index is 881. The molecule has 134 valence electrons. The van der Waals surface area contributed by atoms with Crippen LogP contribution in [-0.2, 0) is 10.0 Å². The summed E-state index contributed by atoms with van der Waals surface area (Å²) in [5.41, 5.74) is 4.31. The molecule has 1 saturated carbocycles. The topological polar surface area (TPSA) is 37.4 Å². The maximum absolute atomic E-state index is 13.1. The Balaban J connectivity index is 1.71. The standard InChI is InChI=1S/C21H27NO2S/c1-5-20-10-11-22(25(23,24)18-8-6-15(2)7-9-18)14-21(20)13-17(4)16(3)12-19(20)21/h6-11,19H,5,12-14H2,1-4H3/t19-,20-,21+/m1/s1. The fraction of sp³-hybridized carbons (Fsp3) is 0.524. The average Bonchev–Trinajstić information content (AvgIpc) is 3.16. The third-order valence-corrected chi connectivity index (χ3v) is 8.88. The first-order chi connectivity index (χ1) is 11.8. The Morgan fingerprint density at radius 1 is 1.12 bits per heavy atom. The molecule has 0 N–H and O–H groups in total. The van der Waals surface area contributed by atoms with Gasteiger partial charge in [-0.15, -0.1) is 0 Å². The summed E-state index contributed by atoms with van der Waals surface area (Å²) in [5, 5.41) is 0. The summed E-state index contributed by atoms with van der Waals surface area (Å²) >= 11 is 0. The summed E-state index contributed by atoms with van der Waals surface area (Å²) in [6.07, 6.45) is 7.28. The normalized spacial score (nSPS) is 33.9. The summed E-state index contributed by atoms with van der Waals surface area (Å²) in [6, 6.07) is 7.18. The Morgan fingerprint density at radius 2 is 1.80 bits per heavy atom. The van der Waals surface area contributed by atoms with E-state index in [0.29, 0.717) is 17.4 Å². The van der Waals surface area contributed by atoms with Crippen LogP contribution < -0.4 is 0 Å². The molecule has 1 fully saturated rings. The number of nitrogens with zero attached hydrogens (tertiary/aromatic N) is 1. The van der Waals surface area contributed by atoms with Gasteiger partial charge >= 0.3 is 0 Å². The van der Waals surface area contributed by atoms with Gasteiger partial charge in [-0.05, 0) is 58.1 Å². The average molecular weight is 358 g/mol. The van der Waals surface area contributed by atoms with Crippen molar-refractivity contribution < 1.29 is 8.42 Å². The van der Waals surface area contributed by atoms with E-state index >= 15 is 0 Å². The highest BCUT2D eigenvalue weighted by molar-refractivity contribution is 7.89. The second-order valence-electron chi connectivity index (χ2n) is 8.22. The minimum Gasteiger partial charge on any atom is -0.273 e. The molecule has 0 unspecified atom stereocenters. The fourth-order valence-electron chi connectivity index (χ4n) is 5.43. The molecule has 4 heteroatoms. The molecule has 1 aromatic carbocycles. The van der Waals surface area contributed by atoms with Crippen LogP contribution in [0.25, 0.3) is 0 Å². The molecule has 4 rings (SSSR count). The third kappa shape index (κ3) is 2.13. The van der Waals surface area contributed by atoms with Crippen molar-refractivity contribution in [3.8, 4) is 0 Å². The highest BCUT2D eigenvalue weighted by Crippen LogP contribution is 2.79. The van der Waals surface area contributed by atoms with Crippen LogP contribution in [0.2, 0.25) is 0 Å². The van der Waals surface area contributed by atoms with Crippen LogP contribution in [0.3, 0.4) is 0 Å². The van der Waals surface area contributed by atoms with Crippen LogP contribution >= 0.6 is 0 Å². The lowest BCUT2D eigenvalue weighted by atomic mass is 9.81. The first-order valence-corrected chi connectivity index (χ1v) is 10.6. The van der Waals surface area contributed by atoms with Gasteiger partial charge in [0.05, 0.1) is 4.90 Å². The SMILES string of the molecule is CC[C@]12C=CN(S(=O)(=O)c3ccc(C)cc3)C[C@]13CC(C)=C(C)C[C@@H]32. The van der Waals surface area contributed by atoms with Crippen molar-refractivity contribution in [1.82, 2.24) is 4.31 Å². The zero-order chi connectivity index (χ0) is 18.0. The Hall–Kier alpha value is -1.55. The van der Waals surface area contributed by atoms with Gasteiger partial charge in [0.2, 0.25) is 0 Å². The lowest BCUT2D eigenvalue weighted by Crippen LogP contribution is -2.38. The molecule has 0 aromatic heterocycles. The molecule has 2 aliphatic carbocycles. The molecule has 1 spiro atoms. The Morgan fingerprint density at radius 3 is 2.44 bits per heavy atom. The number of rotatable bonds is 3. The maximum Gasteiger partial charge on any atom is 0.263 e. The van der Waals surface area contributed by atoms with Crippen molar-refractivity contribution in [1.29, 1.82) is 0 Å². The molecule has 3 aliphatic rings. The molecule has 1 heterocycles.